The minimum atomic E-state index is -0.502. The molecule has 0 saturated heterocycles. The Labute approximate surface area is 205 Å². The summed E-state index contributed by atoms with van der Waals surface area (Å²) in [4.78, 5) is 18.3. The molecule has 9 nitrogen and oxygen atoms in total. The van der Waals surface area contributed by atoms with Crippen LogP contribution in [-0.4, -0.2) is 60.7 Å². The molecule has 4 rings (SSSR count). The molecule has 34 heavy (non-hydrogen) atoms. The zero-order valence-electron chi connectivity index (χ0n) is 18.7. The third-order valence-corrected chi connectivity index (χ3v) is 6.27. The van der Waals surface area contributed by atoms with E-state index in [9.17, 15) is 4.79 Å². The Hall–Kier alpha value is -3.44. The van der Waals surface area contributed by atoms with Gasteiger partial charge in [-0.2, -0.15) is 9.39 Å². The number of nitrogens with one attached hydrogen (secondary N) is 1. The van der Waals surface area contributed by atoms with Crippen molar-refractivity contribution < 1.29 is 23.7 Å². The first-order valence-electron chi connectivity index (χ1n) is 10.1. The molecule has 2 aromatic rings. The number of para-hydroxylation sites is 1. The maximum Gasteiger partial charge on any atom is 0.283 e. The summed E-state index contributed by atoms with van der Waals surface area (Å²) >= 11 is 2.47. The zero-order valence-corrected chi connectivity index (χ0v) is 20.4. The average Bonchev–Trinajstić information content (AvgIpc) is 3.28. The first-order valence-corrected chi connectivity index (χ1v) is 12.1. The molecule has 0 radical (unpaired) electrons. The number of nitrogens with zero attached hydrogens (tertiary/aromatic N) is 3. The largest absolute Gasteiger partial charge is 0.493 e. The highest BCUT2D eigenvalue weighted by atomic mass is 32.2. The molecule has 2 aromatic carbocycles. The number of carbonyl (C=O) groups excluding carboxylic acids is 1. The van der Waals surface area contributed by atoms with Crippen LogP contribution in [0.3, 0.4) is 0 Å². The Balaban J connectivity index is 1.55. The Morgan fingerprint density at radius 3 is 2.41 bits per heavy atom. The predicted molar refractivity (Wildman–Crippen MR) is 136 cm³/mol. The lowest BCUT2D eigenvalue weighted by Crippen LogP contribution is -2.41. The molecule has 0 aliphatic carbocycles. The van der Waals surface area contributed by atoms with Crippen molar-refractivity contribution in [1.82, 2.24) is 4.90 Å². The number of rotatable bonds is 8. The number of methoxy groups -OCH3 is 2. The zero-order chi connectivity index (χ0) is 24.1. The van der Waals surface area contributed by atoms with Crippen molar-refractivity contribution in [3.63, 3.8) is 0 Å². The Morgan fingerprint density at radius 2 is 1.76 bits per heavy atom. The van der Waals surface area contributed by atoms with Gasteiger partial charge in [0.2, 0.25) is 10.9 Å². The van der Waals surface area contributed by atoms with E-state index in [2.05, 4.69) is 9.39 Å². The van der Waals surface area contributed by atoms with Gasteiger partial charge in [-0.1, -0.05) is 30.0 Å². The lowest BCUT2D eigenvalue weighted by molar-refractivity contribution is -0.114. The van der Waals surface area contributed by atoms with Crippen LogP contribution in [0.25, 0.3) is 6.08 Å². The molecule has 0 aromatic heterocycles. The normalized spacial score (nSPS) is 16.2. The molecule has 0 spiro atoms. The number of carbonyl (C=O) groups is 1. The van der Waals surface area contributed by atoms with E-state index in [-0.39, 0.29) is 18.0 Å². The van der Waals surface area contributed by atoms with Crippen molar-refractivity contribution in [2.45, 2.75) is 0 Å². The molecular weight excluding hydrogens is 476 g/mol. The fraction of sp³-hybridized carbons (Fsp3) is 0.217. The standard InChI is InChI=1S/C23H22N4O5S2/c1-29-17-12-14(11-16-20(24)27-22(25-21(16)28)34-26-23(27)33-3)13-18(30-2)19(17)32-10-9-31-15-7-5-4-6-8-15/h4-8,11-13,24H,9-10H2,1-3H3/b16-11-,24-20?. The topological polar surface area (TPSA) is 106 Å². The molecule has 1 amide bonds. The van der Waals surface area contributed by atoms with Gasteiger partial charge in [-0.15, -0.1) is 0 Å². The maximum atomic E-state index is 12.6. The van der Waals surface area contributed by atoms with Crippen LogP contribution in [0.2, 0.25) is 0 Å². The van der Waals surface area contributed by atoms with Crippen LogP contribution in [-0.2, 0) is 4.79 Å². The van der Waals surface area contributed by atoms with Crippen LogP contribution in [0.1, 0.15) is 5.56 Å². The molecule has 2 heterocycles. The van der Waals surface area contributed by atoms with Crippen LogP contribution in [0.4, 0.5) is 0 Å². The number of hydrogen-bond acceptors (Lipinski definition) is 9. The molecule has 0 fully saturated rings. The molecular formula is C23H22N4O5S2. The molecule has 2 aliphatic heterocycles. The summed E-state index contributed by atoms with van der Waals surface area (Å²) in [6.45, 7) is 0.605. The second kappa shape index (κ2) is 10.7. The van der Waals surface area contributed by atoms with E-state index in [1.807, 2.05) is 36.6 Å². The summed E-state index contributed by atoms with van der Waals surface area (Å²) in [5.41, 5.74) is 0.741. The number of amidine groups is 3. The van der Waals surface area contributed by atoms with E-state index in [1.165, 1.54) is 26.0 Å². The summed E-state index contributed by atoms with van der Waals surface area (Å²) in [6.07, 6.45) is 3.44. The summed E-state index contributed by atoms with van der Waals surface area (Å²) in [5, 5.41) is 9.54. The third-order valence-electron chi connectivity index (χ3n) is 4.81. The van der Waals surface area contributed by atoms with Gasteiger partial charge >= 0.3 is 0 Å². The van der Waals surface area contributed by atoms with Crippen molar-refractivity contribution in [3.8, 4) is 23.0 Å². The number of thioether (sulfide) groups is 1. The minimum Gasteiger partial charge on any atom is -0.493 e. The van der Waals surface area contributed by atoms with Crippen molar-refractivity contribution >= 4 is 51.9 Å². The summed E-state index contributed by atoms with van der Waals surface area (Å²) < 4.78 is 26.8. The minimum absolute atomic E-state index is 0.0180. The molecule has 11 heteroatoms. The predicted octanol–water partition coefficient (Wildman–Crippen LogP) is 4.10. The second-order valence-electron chi connectivity index (χ2n) is 6.88. The lowest BCUT2D eigenvalue weighted by Gasteiger charge is -2.24. The van der Waals surface area contributed by atoms with E-state index in [0.29, 0.717) is 39.8 Å². The summed E-state index contributed by atoms with van der Waals surface area (Å²) in [5.74, 6) is 1.54. The fourth-order valence-corrected chi connectivity index (χ4v) is 4.70. The van der Waals surface area contributed by atoms with Crippen molar-refractivity contribution in [2.24, 2.45) is 9.39 Å². The van der Waals surface area contributed by atoms with Gasteiger partial charge in [0.25, 0.3) is 5.91 Å². The molecule has 0 saturated carbocycles. The van der Waals surface area contributed by atoms with Crippen LogP contribution >= 0.6 is 23.7 Å². The highest BCUT2D eigenvalue weighted by molar-refractivity contribution is 8.18. The van der Waals surface area contributed by atoms with Gasteiger partial charge in [-0.3, -0.25) is 10.2 Å². The Kier molecular flexibility index (Phi) is 7.43. The second-order valence-corrected chi connectivity index (χ2v) is 8.38. The average molecular weight is 499 g/mol. The summed E-state index contributed by atoms with van der Waals surface area (Å²) in [6, 6.07) is 12.9. The molecule has 176 valence electrons. The van der Waals surface area contributed by atoms with Crippen molar-refractivity contribution in [1.29, 1.82) is 5.41 Å². The highest BCUT2D eigenvalue weighted by Gasteiger charge is 2.37. The SMILES string of the molecule is COc1cc(/C=C2/C(=N)N3C(SC)=NSC3=NC2=O)cc(OC)c1OCCOc1ccccc1. The van der Waals surface area contributed by atoms with E-state index in [0.717, 1.165) is 17.7 Å². The number of benzene rings is 2. The molecule has 2 aliphatic rings. The number of amides is 1. The highest BCUT2D eigenvalue weighted by Crippen LogP contribution is 2.39. The Bertz CT molecular complexity index is 1170. The number of aliphatic imine (C=N–C) groups is 1. The third kappa shape index (κ3) is 4.90. The van der Waals surface area contributed by atoms with Gasteiger partial charge in [0, 0.05) is 0 Å². The van der Waals surface area contributed by atoms with Crippen LogP contribution < -0.4 is 18.9 Å². The van der Waals surface area contributed by atoms with E-state index in [1.54, 1.807) is 23.1 Å². The van der Waals surface area contributed by atoms with Gasteiger partial charge in [-0.05, 0) is 42.2 Å². The van der Waals surface area contributed by atoms with Crippen molar-refractivity contribution in [3.05, 3.63) is 53.6 Å². The number of ether oxygens (including phenoxy) is 4. The molecule has 0 bridgehead atoms. The molecule has 1 N–H and O–H groups in total. The van der Waals surface area contributed by atoms with Gasteiger partial charge in [0.15, 0.2) is 16.7 Å². The monoisotopic (exact) mass is 498 g/mol. The molecule has 0 unspecified atom stereocenters. The van der Waals surface area contributed by atoms with E-state index < -0.39 is 5.91 Å². The van der Waals surface area contributed by atoms with Crippen molar-refractivity contribution in [2.75, 3.05) is 33.7 Å². The van der Waals surface area contributed by atoms with Crippen LogP contribution in [0, 0.1) is 5.41 Å². The first kappa shape index (κ1) is 23.7. The maximum absolute atomic E-state index is 12.6. The first-order chi connectivity index (χ1) is 16.5. The van der Waals surface area contributed by atoms with E-state index >= 15 is 0 Å². The van der Waals surface area contributed by atoms with Gasteiger partial charge in [-0.25, -0.2) is 4.90 Å². The fourth-order valence-electron chi connectivity index (χ4n) is 3.24. The number of fused-ring (bicyclic) bond motifs is 1. The van der Waals surface area contributed by atoms with E-state index in [4.69, 9.17) is 24.4 Å². The molecule has 0 atom stereocenters. The van der Waals surface area contributed by atoms with Crippen LogP contribution in [0.15, 0.2) is 57.4 Å². The summed E-state index contributed by atoms with van der Waals surface area (Å²) in [7, 11) is 3.04. The lowest BCUT2D eigenvalue weighted by atomic mass is 10.1. The Morgan fingerprint density at radius 1 is 1.09 bits per heavy atom. The van der Waals surface area contributed by atoms with Gasteiger partial charge < -0.3 is 18.9 Å². The van der Waals surface area contributed by atoms with Crippen LogP contribution in [0.5, 0.6) is 23.0 Å². The smallest absolute Gasteiger partial charge is 0.283 e. The van der Waals surface area contributed by atoms with Gasteiger partial charge in [0.05, 0.1) is 31.7 Å². The van der Waals surface area contributed by atoms with Gasteiger partial charge in [0.1, 0.15) is 24.8 Å². The quantitative estimate of drug-likeness (QED) is 0.329. The number of hydrogen-bond donors (Lipinski definition) is 1.